The summed E-state index contributed by atoms with van der Waals surface area (Å²) >= 11 is 14.0. The number of thiophene rings is 1. The molecule has 0 spiro atoms. The van der Waals surface area contributed by atoms with Gasteiger partial charge >= 0.3 is 0 Å². The van der Waals surface area contributed by atoms with Gasteiger partial charge in [0.15, 0.2) is 0 Å². The number of unbranched alkanes of at least 4 members (excludes halogenated alkanes) is 1. The number of fused-ring (bicyclic) bond motifs is 1. The Morgan fingerprint density at radius 3 is 2.66 bits per heavy atom. The maximum atomic E-state index is 13.8. The zero-order chi connectivity index (χ0) is 25.2. The molecule has 0 saturated carbocycles. The minimum absolute atomic E-state index is 0.0789. The fraction of sp³-hybridized carbons (Fsp3) is 0.346. The first-order valence-corrected chi connectivity index (χ1v) is 14.7. The van der Waals surface area contributed by atoms with Gasteiger partial charge in [-0.15, -0.1) is 11.3 Å². The maximum Gasteiger partial charge on any atom is 0.245 e. The quantitative estimate of drug-likeness (QED) is 0.329. The van der Waals surface area contributed by atoms with Crippen LogP contribution in [0.2, 0.25) is 10.0 Å². The molecule has 0 saturated heterocycles. The third-order valence-electron chi connectivity index (χ3n) is 6.35. The van der Waals surface area contributed by atoms with Gasteiger partial charge < -0.3 is 4.90 Å². The molecule has 1 aliphatic heterocycles. The van der Waals surface area contributed by atoms with Crippen molar-refractivity contribution in [2.75, 3.05) is 19.6 Å². The van der Waals surface area contributed by atoms with E-state index < -0.39 is 10.0 Å². The van der Waals surface area contributed by atoms with E-state index in [4.69, 9.17) is 23.2 Å². The lowest BCUT2D eigenvalue weighted by Crippen LogP contribution is -2.47. The van der Waals surface area contributed by atoms with Crippen LogP contribution in [-0.2, 0) is 21.2 Å². The second kappa shape index (κ2) is 11.0. The summed E-state index contributed by atoms with van der Waals surface area (Å²) in [5.41, 5.74) is 3.27. The van der Waals surface area contributed by atoms with Crippen LogP contribution < -0.4 is 0 Å². The summed E-state index contributed by atoms with van der Waals surface area (Å²) in [4.78, 5) is 16.8. The van der Waals surface area contributed by atoms with Crippen LogP contribution in [0.15, 0.2) is 58.8 Å². The molecule has 0 radical (unpaired) electrons. The number of hydrogen-bond acceptors (Lipinski definition) is 4. The summed E-state index contributed by atoms with van der Waals surface area (Å²) < 4.78 is 28.5. The molecule has 4 rings (SSSR count). The number of hydrogen-bond donors (Lipinski definition) is 0. The molecular formula is C26H28Cl2N2O3S2. The van der Waals surface area contributed by atoms with E-state index in [1.54, 1.807) is 17.4 Å². The molecule has 3 aromatic rings. The Bertz CT molecular complexity index is 1320. The first kappa shape index (κ1) is 26.2. The van der Waals surface area contributed by atoms with Gasteiger partial charge in [-0.25, -0.2) is 8.42 Å². The third-order valence-corrected chi connectivity index (χ3v) is 9.91. The van der Waals surface area contributed by atoms with Crippen molar-refractivity contribution in [2.24, 2.45) is 0 Å². The predicted octanol–water partition coefficient (Wildman–Crippen LogP) is 6.33. The number of carbonyl (C=O) groups excluding carboxylic acids is 1. The smallest absolute Gasteiger partial charge is 0.245 e. The summed E-state index contributed by atoms with van der Waals surface area (Å²) in [6.07, 6.45) is 2.17. The number of carbonyl (C=O) groups is 1. The number of benzene rings is 2. The SMILES string of the molecule is CCCCN(CC(=O)N1CCc2sccc2C1c1ccccc1C)S(=O)(=O)c1cc(Cl)ccc1Cl. The normalized spacial score (nSPS) is 15.9. The fourth-order valence-corrected chi connectivity index (χ4v) is 7.56. The molecule has 5 nitrogen and oxygen atoms in total. The van der Waals surface area contributed by atoms with Gasteiger partial charge in [0, 0.05) is 23.0 Å². The number of sulfonamides is 1. The molecule has 35 heavy (non-hydrogen) atoms. The van der Waals surface area contributed by atoms with Crippen molar-refractivity contribution >= 4 is 50.5 Å². The Kier molecular flexibility index (Phi) is 8.23. The van der Waals surface area contributed by atoms with Crippen LogP contribution in [0.1, 0.15) is 47.4 Å². The van der Waals surface area contributed by atoms with Gasteiger partial charge in [0.2, 0.25) is 15.9 Å². The van der Waals surface area contributed by atoms with E-state index >= 15 is 0 Å². The van der Waals surface area contributed by atoms with Gasteiger partial charge in [-0.05, 0) is 66.1 Å². The van der Waals surface area contributed by atoms with E-state index in [-0.39, 0.29) is 40.0 Å². The van der Waals surface area contributed by atoms with E-state index in [1.165, 1.54) is 21.3 Å². The van der Waals surface area contributed by atoms with Crippen molar-refractivity contribution in [1.82, 2.24) is 9.21 Å². The molecule has 1 unspecified atom stereocenters. The van der Waals surface area contributed by atoms with Crippen molar-refractivity contribution in [3.63, 3.8) is 0 Å². The third kappa shape index (κ3) is 5.44. The van der Waals surface area contributed by atoms with Gasteiger partial charge in [-0.2, -0.15) is 4.31 Å². The molecule has 9 heteroatoms. The molecule has 0 N–H and O–H groups in total. The molecule has 0 bridgehead atoms. The lowest BCUT2D eigenvalue weighted by atomic mass is 9.90. The topological polar surface area (TPSA) is 57.7 Å². The largest absolute Gasteiger partial charge is 0.330 e. The number of aryl methyl sites for hydroxylation is 1. The lowest BCUT2D eigenvalue weighted by molar-refractivity contribution is -0.133. The summed E-state index contributed by atoms with van der Waals surface area (Å²) in [5, 5.41) is 2.42. The average molecular weight is 552 g/mol. The molecule has 186 valence electrons. The van der Waals surface area contributed by atoms with Gasteiger partial charge in [0.1, 0.15) is 4.90 Å². The van der Waals surface area contributed by atoms with E-state index in [1.807, 2.05) is 43.0 Å². The van der Waals surface area contributed by atoms with Crippen molar-refractivity contribution in [3.8, 4) is 0 Å². The van der Waals surface area contributed by atoms with Crippen LogP contribution in [0.4, 0.5) is 0 Å². The van der Waals surface area contributed by atoms with E-state index in [2.05, 4.69) is 11.4 Å². The predicted molar refractivity (Wildman–Crippen MR) is 143 cm³/mol. The molecule has 2 heterocycles. The summed E-state index contributed by atoms with van der Waals surface area (Å²) in [6.45, 7) is 4.52. The number of nitrogens with zero attached hydrogens (tertiary/aromatic N) is 2. The molecule has 1 aliphatic rings. The summed E-state index contributed by atoms with van der Waals surface area (Å²) in [5.74, 6) is -0.229. The molecule has 0 aliphatic carbocycles. The van der Waals surface area contributed by atoms with Crippen LogP contribution in [-0.4, -0.2) is 43.2 Å². The Morgan fingerprint density at radius 1 is 1.14 bits per heavy atom. The highest BCUT2D eigenvalue weighted by atomic mass is 35.5. The van der Waals surface area contributed by atoms with Crippen LogP contribution in [0.3, 0.4) is 0 Å². The van der Waals surface area contributed by atoms with Crippen LogP contribution >= 0.6 is 34.5 Å². The molecule has 1 atom stereocenters. The minimum Gasteiger partial charge on any atom is -0.330 e. The highest BCUT2D eigenvalue weighted by molar-refractivity contribution is 7.89. The number of rotatable bonds is 8. The molecule has 1 amide bonds. The van der Waals surface area contributed by atoms with Crippen molar-refractivity contribution < 1.29 is 13.2 Å². The van der Waals surface area contributed by atoms with Crippen molar-refractivity contribution in [1.29, 1.82) is 0 Å². The molecule has 0 fully saturated rings. The zero-order valence-electron chi connectivity index (χ0n) is 19.7. The maximum absolute atomic E-state index is 13.8. The molecule has 1 aromatic heterocycles. The fourth-order valence-electron chi connectivity index (χ4n) is 4.49. The van der Waals surface area contributed by atoms with Crippen LogP contribution in [0, 0.1) is 6.92 Å². The van der Waals surface area contributed by atoms with Gasteiger partial charge in [-0.1, -0.05) is 60.8 Å². The Labute approximate surface area is 221 Å². The summed E-state index contributed by atoms with van der Waals surface area (Å²) in [6, 6.07) is 14.2. The second-order valence-electron chi connectivity index (χ2n) is 8.66. The van der Waals surface area contributed by atoms with Gasteiger partial charge in [-0.3, -0.25) is 4.79 Å². The van der Waals surface area contributed by atoms with Crippen molar-refractivity contribution in [2.45, 2.75) is 44.0 Å². The van der Waals surface area contributed by atoms with E-state index in [0.717, 1.165) is 29.5 Å². The number of amides is 1. The van der Waals surface area contributed by atoms with Crippen LogP contribution in [0.25, 0.3) is 0 Å². The highest BCUT2D eigenvalue weighted by Crippen LogP contribution is 2.39. The Morgan fingerprint density at radius 2 is 1.91 bits per heavy atom. The standard InChI is InChI=1S/C26H28Cl2N2O3S2/c1-3-4-13-29(35(32,33)24-16-19(27)9-10-22(24)28)17-25(31)30-14-11-23-21(12-15-34-23)26(30)20-8-6-5-7-18(20)2/h5-10,12,15-16,26H,3-4,11,13-14,17H2,1-2H3. The summed E-state index contributed by atoms with van der Waals surface area (Å²) in [7, 11) is -4.03. The first-order chi connectivity index (χ1) is 16.7. The Hall–Kier alpha value is -1.90. The highest BCUT2D eigenvalue weighted by Gasteiger charge is 2.36. The number of halogens is 2. The van der Waals surface area contributed by atoms with Crippen LogP contribution in [0.5, 0.6) is 0 Å². The van der Waals surface area contributed by atoms with E-state index in [9.17, 15) is 13.2 Å². The monoisotopic (exact) mass is 550 g/mol. The van der Waals surface area contributed by atoms with E-state index in [0.29, 0.717) is 13.0 Å². The zero-order valence-corrected chi connectivity index (χ0v) is 22.9. The van der Waals surface area contributed by atoms with Gasteiger partial charge in [0.25, 0.3) is 0 Å². The molecular weight excluding hydrogens is 523 g/mol. The Balaban J connectivity index is 1.69. The average Bonchev–Trinajstić information content (AvgIpc) is 3.32. The van der Waals surface area contributed by atoms with Gasteiger partial charge in [0.05, 0.1) is 17.6 Å². The minimum atomic E-state index is -4.03. The first-order valence-electron chi connectivity index (χ1n) is 11.6. The second-order valence-corrected chi connectivity index (χ2v) is 12.4. The molecule has 2 aromatic carbocycles. The van der Waals surface area contributed by atoms with Crippen molar-refractivity contribution in [3.05, 3.63) is 85.5 Å². The lowest BCUT2D eigenvalue weighted by Gasteiger charge is -2.38.